The molecule has 3 rings (SSSR count). The predicted octanol–water partition coefficient (Wildman–Crippen LogP) is 4.54. The van der Waals surface area contributed by atoms with Gasteiger partial charge in [0.15, 0.2) is 11.5 Å². The number of rotatable bonds is 6. The zero-order valence-electron chi connectivity index (χ0n) is 15.1. The lowest BCUT2D eigenvalue weighted by molar-refractivity contribution is -0.0512. The summed E-state index contributed by atoms with van der Waals surface area (Å²) in [5.74, 6) is -0.439. The van der Waals surface area contributed by atoms with E-state index in [9.17, 15) is 13.6 Å². The Morgan fingerprint density at radius 2 is 1.81 bits per heavy atom. The molecule has 0 bridgehead atoms. The van der Waals surface area contributed by atoms with Crippen LogP contribution in [0.25, 0.3) is 0 Å². The number of methoxy groups -OCH3 is 1. The molecule has 0 atom stereocenters. The number of anilines is 2. The number of amides is 1. The Bertz CT molecular complexity index is 793. The van der Waals surface area contributed by atoms with Gasteiger partial charge in [0.05, 0.1) is 18.5 Å². The Morgan fingerprint density at radius 3 is 2.52 bits per heavy atom. The summed E-state index contributed by atoms with van der Waals surface area (Å²) in [6, 6.07) is 11.8. The van der Waals surface area contributed by atoms with Crippen LogP contribution in [0.5, 0.6) is 11.5 Å². The van der Waals surface area contributed by atoms with E-state index in [0.29, 0.717) is 5.69 Å². The molecule has 1 amide bonds. The van der Waals surface area contributed by atoms with Crippen molar-refractivity contribution in [2.45, 2.75) is 25.9 Å². The van der Waals surface area contributed by atoms with Gasteiger partial charge in [-0.2, -0.15) is 8.78 Å². The molecule has 1 N–H and O–H groups in total. The van der Waals surface area contributed by atoms with Gasteiger partial charge in [-0.15, -0.1) is 0 Å². The molecule has 2 aromatic rings. The second-order valence-corrected chi connectivity index (χ2v) is 6.26. The van der Waals surface area contributed by atoms with Crippen LogP contribution in [0.15, 0.2) is 42.5 Å². The average molecular weight is 376 g/mol. The summed E-state index contributed by atoms with van der Waals surface area (Å²) < 4.78 is 34.6. The minimum absolute atomic E-state index is 0.139. The van der Waals surface area contributed by atoms with Crippen LogP contribution in [-0.4, -0.2) is 32.7 Å². The summed E-state index contributed by atoms with van der Waals surface area (Å²) in [6.45, 7) is -1.11. The fourth-order valence-electron chi connectivity index (χ4n) is 3.19. The Labute approximate surface area is 156 Å². The number of ether oxygens (including phenoxy) is 2. The minimum Gasteiger partial charge on any atom is -0.493 e. The van der Waals surface area contributed by atoms with E-state index in [1.54, 1.807) is 0 Å². The molecule has 0 unspecified atom stereocenters. The van der Waals surface area contributed by atoms with Crippen molar-refractivity contribution in [3.8, 4) is 11.5 Å². The Balaban J connectivity index is 1.81. The van der Waals surface area contributed by atoms with Gasteiger partial charge in [0.2, 0.25) is 0 Å². The van der Waals surface area contributed by atoms with Crippen LogP contribution in [0.2, 0.25) is 0 Å². The van der Waals surface area contributed by atoms with Crippen LogP contribution < -0.4 is 19.7 Å². The number of nitrogens with one attached hydrogen (secondary N) is 1. The van der Waals surface area contributed by atoms with Crippen molar-refractivity contribution in [1.82, 2.24) is 0 Å². The molecule has 0 aromatic heterocycles. The zero-order valence-corrected chi connectivity index (χ0v) is 15.1. The number of hydrogen-bond acceptors (Lipinski definition) is 4. The summed E-state index contributed by atoms with van der Waals surface area (Å²) >= 11 is 0. The van der Waals surface area contributed by atoms with Crippen molar-refractivity contribution in [1.29, 1.82) is 0 Å². The first-order valence-corrected chi connectivity index (χ1v) is 8.86. The van der Waals surface area contributed by atoms with E-state index in [2.05, 4.69) is 15.0 Å². The van der Waals surface area contributed by atoms with E-state index in [4.69, 9.17) is 4.74 Å². The van der Waals surface area contributed by atoms with Gasteiger partial charge in [0, 0.05) is 18.7 Å². The second-order valence-electron chi connectivity index (χ2n) is 6.26. The molecule has 144 valence electrons. The molecule has 1 heterocycles. The molecule has 27 heavy (non-hydrogen) atoms. The van der Waals surface area contributed by atoms with Crippen LogP contribution in [-0.2, 0) is 0 Å². The number of carbonyl (C=O) groups is 1. The van der Waals surface area contributed by atoms with Crippen molar-refractivity contribution in [2.75, 3.05) is 30.4 Å². The second kappa shape index (κ2) is 8.70. The first kappa shape index (κ1) is 18.9. The number of carbonyl (C=O) groups excluding carboxylic acids is 1. The summed E-state index contributed by atoms with van der Waals surface area (Å²) in [4.78, 5) is 14.9. The number of piperidine rings is 1. The van der Waals surface area contributed by atoms with Crippen LogP contribution in [0, 0.1) is 0 Å². The van der Waals surface area contributed by atoms with Gasteiger partial charge in [0.25, 0.3) is 5.91 Å². The standard InChI is InChI=1S/C20H22F2N2O3/c1-26-17-10-9-14(13-18(17)27-20(21)22)19(25)23-15-7-3-4-8-16(15)24-11-5-2-6-12-24/h3-4,7-10,13,20H,2,5-6,11-12H2,1H3,(H,23,25). The maximum atomic E-state index is 12.7. The largest absolute Gasteiger partial charge is 0.493 e. The van der Waals surface area contributed by atoms with Crippen molar-refractivity contribution in [3.63, 3.8) is 0 Å². The summed E-state index contributed by atoms with van der Waals surface area (Å²) in [6.07, 6.45) is 3.45. The minimum atomic E-state index is -3.00. The Morgan fingerprint density at radius 1 is 1.07 bits per heavy atom. The molecule has 0 radical (unpaired) electrons. The van der Waals surface area contributed by atoms with E-state index >= 15 is 0 Å². The molecule has 5 nitrogen and oxygen atoms in total. The Kier molecular flexibility index (Phi) is 6.11. The van der Waals surface area contributed by atoms with Crippen LogP contribution >= 0.6 is 0 Å². The SMILES string of the molecule is COc1ccc(C(=O)Nc2ccccc2N2CCCCC2)cc1OC(F)F. The zero-order chi connectivity index (χ0) is 19.2. The van der Waals surface area contributed by atoms with E-state index in [-0.39, 0.29) is 17.1 Å². The molecule has 1 fully saturated rings. The average Bonchev–Trinajstić information content (AvgIpc) is 2.68. The first-order valence-electron chi connectivity index (χ1n) is 8.86. The van der Waals surface area contributed by atoms with Crippen LogP contribution in [0.1, 0.15) is 29.6 Å². The number of benzene rings is 2. The number of halogens is 2. The van der Waals surface area contributed by atoms with Gasteiger partial charge in [-0.25, -0.2) is 0 Å². The molecular weight excluding hydrogens is 354 g/mol. The molecule has 0 saturated carbocycles. The van der Waals surface area contributed by atoms with Gasteiger partial charge >= 0.3 is 6.61 Å². The highest BCUT2D eigenvalue weighted by Crippen LogP contribution is 2.31. The van der Waals surface area contributed by atoms with E-state index in [1.165, 1.54) is 31.7 Å². The van der Waals surface area contributed by atoms with Crippen molar-refractivity contribution in [3.05, 3.63) is 48.0 Å². The monoisotopic (exact) mass is 376 g/mol. The lowest BCUT2D eigenvalue weighted by Crippen LogP contribution is -2.30. The highest BCUT2D eigenvalue weighted by molar-refractivity contribution is 6.06. The molecule has 1 aliphatic rings. The third-order valence-electron chi connectivity index (χ3n) is 4.49. The topological polar surface area (TPSA) is 50.8 Å². The van der Waals surface area contributed by atoms with Gasteiger partial charge in [-0.05, 0) is 49.6 Å². The lowest BCUT2D eigenvalue weighted by atomic mass is 10.1. The molecular formula is C20H22F2N2O3. The number of para-hydroxylation sites is 2. The molecule has 0 aliphatic carbocycles. The summed E-state index contributed by atoms with van der Waals surface area (Å²) in [5.41, 5.74) is 1.86. The fraction of sp³-hybridized carbons (Fsp3) is 0.350. The summed E-state index contributed by atoms with van der Waals surface area (Å²) in [5, 5.41) is 2.88. The number of hydrogen-bond donors (Lipinski definition) is 1. The van der Waals surface area contributed by atoms with Gasteiger partial charge in [0.1, 0.15) is 0 Å². The number of alkyl halides is 2. The molecule has 7 heteroatoms. The normalized spacial score (nSPS) is 14.1. The van der Waals surface area contributed by atoms with Crippen molar-refractivity contribution < 1.29 is 23.0 Å². The maximum absolute atomic E-state index is 12.7. The highest BCUT2D eigenvalue weighted by Gasteiger charge is 2.18. The lowest BCUT2D eigenvalue weighted by Gasteiger charge is -2.30. The van der Waals surface area contributed by atoms with E-state index in [0.717, 1.165) is 31.6 Å². The first-order chi connectivity index (χ1) is 13.1. The third kappa shape index (κ3) is 4.67. The van der Waals surface area contributed by atoms with Crippen molar-refractivity contribution in [2.24, 2.45) is 0 Å². The molecule has 1 aliphatic heterocycles. The molecule has 0 spiro atoms. The van der Waals surface area contributed by atoms with Crippen molar-refractivity contribution >= 4 is 17.3 Å². The summed E-state index contributed by atoms with van der Waals surface area (Å²) in [7, 11) is 1.35. The Hall–Kier alpha value is -2.83. The van der Waals surface area contributed by atoms with Crippen LogP contribution in [0.4, 0.5) is 20.2 Å². The fourth-order valence-corrected chi connectivity index (χ4v) is 3.19. The van der Waals surface area contributed by atoms with E-state index in [1.807, 2.05) is 24.3 Å². The smallest absolute Gasteiger partial charge is 0.387 e. The predicted molar refractivity (Wildman–Crippen MR) is 100 cm³/mol. The maximum Gasteiger partial charge on any atom is 0.387 e. The van der Waals surface area contributed by atoms with Gasteiger partial charge in [-0.1, -0.05) is 12.1 Å². The van der Waals surface area contributed by atoms with E-state index < -0.39 is 12.5 Å². The molecule has 2 aromatic carbocycles. The number of nitrogens with zero attached hydrogens (tertiary/aromatic N) is 1. The van der Waals surface area contributed by atoms with Crippen LogP contribution in [0.3, 0.4) is 0 Å². The molecule has 1 saturated heterocycles. The highest BCUT2D eigenvalue weighted by atomic mass is 19.3. The van der Waals surface area contributed by atoms with Gasteiger partial charge < -0.3 is 19.7 Å². The van der Waals surface area contributed by atoms with Gasteiger partial charge in [-0.3, -0.25) is 4.79 Å². The third-order valence-corrected chi connectivity index (χ3v) is 4.49. The quantitative estimate of drug-likeness (QED) is 0.804.